The van der Waals surface area contributed by atoms with Gasteiger partial charge in [0.15, 0.2) is 0 Å². The molecular formula is C36H60N2O6. The van der Waals surface area contributed by atoms with Gasteiger partial charge in [0.25, 0.3) is 0 Å². The molecule has 0 aromatic heterocycles. The third kappa shape index (κ3) is 3.96. The number of aliphatic hydroxyl groups is 2. The van der Waals surface area contributed by atoms with E-state index in [1.54, 1.807) is 21.0 Å². The van der Waals surface area contributed by atoms with Gasteiger partial charge in [0.05, 0.1) is 30.0 Å². The standard InChI is InChI=1S/C36H60N2O6/c1-20-16-22(29(42-9)32(4,5)41)43-27-26(20)33(6)14-15-36-19-35(36)13-12-25(44-30(40)37-21-17-38(8)18-21)31(2,3)23(35)10-11-24(36)34(33,7)28(27)39/h20-29,39,41H,10-19H2,1-9H3,(H,37,40)/t20-,22?,23+,24?,25?,26+,27?,28+,29+,33-,34-,35-,36+/m1/s1. The van der Waals surface area contributed by atoms with Crippen molar-refractivity contribution in [2.24, 2.45) is 50.7 Å². The molecule has 0 bridgehead atoms. The van der Waals surface area contributed by atoms with Crippen LogP contribution in [0, 0.1) is 50.7 Å². The van der Waals surface area contributed by atoms with Crippen LogP contribution in [0.3, 0.4) is 0 Å². The Hall–Kier alpha value is -0.930. The van der Waals surface area contributed by atoms with Crippen molar-refractivity contribution in [3.63, 3.8) is 0 Å². The molecule has 2 spiro atoms. The quantitative estimate of drug-likeness (QED) is 0.400. The molecule has 8 heteroatoms. The molecular weight excluding hydrogens is 556 g/mol. The van der Waals surface area contributed by atoms with Crippen LogP contribution >= 0.6 is 0 Å². The fourth-order valence-corrected chi connectivity index (χ4v) is 13.7. The number of likely N-dealkylation sites (tertiary alicyclic amines) is 1. The molecule has 5 aliphatic carbocycles. The van der Waals surface area contributed by atoms with Crippen molar-refractivity contribution in [1.29, 1.82) is 0 Å². The number of nitrogens with zero attached hydrogens (tertiary/aromatic N) is 1. The number of aliphatic hydroxyl groups excluding tert-OH is 1. The van der Waals surface area contributed by atoms with E-state index >= 15 is 0 Å². The Morgan fingerprint density at radius 2 is 1.70 bits per heavy atom. The summed E-state index contributed by atoms with van der Waals surface area (Å²) in [6.07, 6.45) is 6.97. The van der Waals surface area contributed by atoms with E-state index < -0.39 is 17.8 Å². The van der Waals surface area contributed by atoms with Gasteiger partial charge in [-0.1, -0.05) is 34.6 Å². The Morgan fingerprint density at radius 3 is 2.34 bits per heavy atom. The summed E-state index contributed by atoms with van der Waals surface area (Å²) in [5, 5.41) is 26.5. The van der Waals surface area contributed by atoms with Gasteiger partial charge in [0.1, 0.15) is 12.2 Å². The number of likely N-dealkylation sites (N-methyl/N-ethyl adjacent to an activating group) is 1. The SMILES string of the molecule is CO[C@@H](C1C[C@@H](C)[C@H]2C(O1)[C@H](O)[C@@]1(C)C3CC[C@H]4C(C)(C)C(OC(=O)NC5CN(C)C5)CC[C@@]45C[C@@]35CC[C@]21C)C(C)(C)O. The number of hydrogen-bond acceptors (Lipinski definition) is 7. The summed E-state index contributed by atoms with van der Waals surface area (Å²) in [4.78, 5) is 15.1. The predicted octanol–water partition coefficient (Wildman–Crippen LogP) is 4.99. The lowest BCUT2D eigenvalue weighted by Crippen LogP contribution is -2.61. The third-order valence-electron chi connectivity index (χ3n) is 15.7. The molecule has 0 aromatic rings. The lowest BCUT2D eigenvalue weighted by molar-refractivity contribution is -0.209. The van der Waals surface area contributed by atoms with E-state index in [4.69, 9.17) is 14.2 Å². The van der Waals surface area contributed by atoms with Crippen molar-refractivity contribution in [2.75, 3.05) is 27.2 Å². The highest BCUT2D eigenvalue weighted by Gasteiger charge is 2.84. The summed E-state index contributed by atoms with van der Waals surface area (Å²) in [6, 6.07) is 0.198. The van der Waals surface area contributed by atoms with E-state index in [0.717, 1.165) is 51.6 Å². The van der Waals surface area contributed by atoms with Gasteiger partial charge in [-0.2, -0.15) is 0 Å². The first-order chi connectivity index (χ1) is 20.5. The number of fused-ring (bicyclic) bond motifs is 4. The molecule has 0 aromatic carbocycles. The van der Waals surface area contributed by atoms with Crippen LogP contribution in [-0.2, 0) is 14.2 Å². The van der Waals surface area contributed by atoms with Crippen LogP contribution in [0.1, 0.15) is 99.8 Å². The number of rotatable bonds is 5. The van der Waals surface area contributed by atoms with Gasteiger partial charge in [0, 0.05) is 31.0 Å². The van der Waals surface area contributed by atoms with E-state index in [2.05, 4.69) is 51.9 Å². The lowest BCUT2D eigenvalue weighted by atomic mass is 9.41. The maximum Gasteiger partial charge on any atom is 0.407 e. The number of nitrogens with one attached hydrogen (secondary N) is 1. The van der Waals surface area contributed by atoms with Crippen LogP contribution in [-0.4, -0.2) is 90.6 Å². The summed E-state index contributed by atoms with van der Waals surface area (Å²) < 4.78 is 18.9. The van der Waals surface area contributed by atoms with Gasteiger partial charge in [-0.05, 0) is 112 Å². The van der Waals surface area contributed by atoms with Gasteiger partial charge in [-0.25, -0.2) is 4.79 Å². The van der Waals surface area contributed by atoms with Gasteiger partial charge >= 0.3 is 6.09 Å². The predicted molar refractivity (Wildman–Crippen MR) is 168 cm³/mol. The van der Waals surface area contributed by atoms with E-state index in [-0.39, 0.29) is 63.4 Å². The Kier molecular flexibility index (Phi) is 7.06. The van der Waals surface area contributed by atoms with Gasteiger partial charge in [-0.15, -0.1) is 0 Å². The molecule has 44 heavy (non-hydrogen) atoms. The number of alkyl carbamates (subject to hydrolysis) is 1. The molecule has 13 atom stereocenters. The van der Waals surface area contributed by atoms with E-state index in [1.165, 1.54) is 12.8 Å². The summed E-state index contributed by atoms with van der Waals surface area (Å²) >= 11 is 0. The molecule has 1 amide bonds. The number of carbonyl (C=O) groups excluding carboxylic acids is 1. The highest BCUT2D eigenvalue weighted by atomic mass is 16.6. The Bertz CT molecular complexity index is 1170. The number of ether oxygens (including phenoxy) is 3. The Morgan fingerprint density at radius 1 is 1.05 bits per heavy atom. The number of amides is 1. The minimum atomic E-state index is -1.02. The molecule has 7 rings (SSSR count). The molecule has 0 radical (unpaired) electrons. The molecule has 3 N–H and O–H groups in total. The molecule has 2 aliphatic heterocycles. The summed E-state index contributed by atoms with van der Waals surface area (Å²) in [5.41, 5.74) is -0.812. The molecule has 5 saturated carbocycles. The summed E-state index contributed by atoms with van der Waals surface area (Å²) in [6.45, 7) is 17.3. The molecule has 4 unspecified atom stereocenters. The fraction of sp³-hybridized carbons (Fsp3) is 0.972. The zero-order chi connectivity index (χ0) is 31.8. The normalized spacial score (nSPS) is 51.9. The summed E-state index contributed by atoms with van der Waals surface area (Å²) in [7, 11) is 3.73. The fourth-order valence-electron chi connectivity index (χ4n) is 13.7. The monoisotopic (exact) mass is 616 g/mol. The molecule has 250 valence electrons. The van der Waals surface area contributed by atoms with Crippen LogP contribution in [0.15, 0.2) is 0 Å². The maximum absolute atomic E-state index is 12.9. The number of carbonyl (C=O) groups is 1. The van der Waals surface area contributed by atoms with Crippen molar-refractivity contribution in [3.05, 3.63) is 0 Å². The van der Waals surface area contributed by atoms with E-state index in [0.29, 0.717) is 17.8 Å². The third-order valence-corrected chi connectivity index (χ3v) is 15.7. The van der Waals surface area contributed by atoms with Crippen molar-refractivity contribution < 1.29 is 29.2 Å². The molecule has 8 nitrogen and oxygen atoms in total. The lowest BCUT2D eigenvalue weighted by Gasteiger charge is -2.63. The second-order valence-electron chi connectivity index (χ2n) is 18.3. The highest BCUT2D eigenvalue weighted by molar-refractivity contribution is 5.68. The minimum Gasteiger partial charge on any atom is -0.446 e. The first-order valence-corrected chi connectivity index (χ1v) is 17.7. The molecule has 2 heterocycles. The number of methoxy groups -OCH3 is 1. The average molecular weight is 617 g/mol. The minimum absolute atomic E-state index is 0.00514. The van der Waals surface area contributed by atoms with E-state index in [1.807, 2.05) is 0 Å². The van der Waals surface area contributed by atoms with Crippen molar-refractivity contribution in [1.82, 2.24) is 10.2 Å². The van der Waals surface area contributed by atoms with Crippen LogP contribution in [0.2, 0.25) is 0 Å². The topological polar surface area (TPSA) is 100 Å². The van der Waals surface area contributed by atoms with Crippen molar-refractivity contribution in [3.8, 4) is 0 Å². The van der Waals surface area contributed by atoms with Gasteiger partial charge < -0.3 is 34.6 Å². The maximum atomic E-state index is 12.9. The smallest absolute Gasteiger partial charge is 0.407 e. The average Bonchev–Trinajstić information content (AvgIpc) is 3.54. The van der Waals surface area contributed by atoms with Gasteiger partial charge in [-0.3, -0.25) is 0 Å². The summed E-state index contributed by atoms with van der Waals surface area (Å²) in [5.74, 6) is 1.64. The van der Waals surface area contributed by atoms with Crippen LogP contribution in [0.5, 0.6) is 0 Å². The largest absolute Gasteiger partial charge is 0.446 e. The van der Waals surface area contributed by atoms with Crippen molar-refractivity contribution >= 4 is 6.09 Å². The van der Waals surface area contributed by atoms with Crippen molar-refractivity contribution in [2.45, 2.75) is 142 Å². The molecule has 7 fully saturated rings. The Balaban J connectivity index is 1.13. The second kappa shape index (κ2) is 9.81. The Labute approximate surface area is 265 Å². The molecule has 7 aliphatic rings. The zero-order valence-corrected chi connectivity index (χ0v) is 28.8. The van der Waals surface area contributed by atoms with Crippen LogP contribution in [0.4, 0.5) is 4.79 Å². The van der Waals surface area contributed by atoms with Gasteiger partial charge in [0.2, 0.25) is 0 Å². The van der Waals surface area contributed by atoms with Crippen LogP contribution < -0.4 is 5.32 Å². The zero-order valence-electron chi connectivity index (χ0n) is 28.8. The highest BCUT2D eigenvalue weighted by Crippen LogP contribution is 2.89. The first-order valence-electron chi connectivity index (χ1n) is 17.7. The second-order valence-corrected chi connectivity index (χ2v) is 18.3. The number of hydrogen-bond donors (Lipinski definition) is 3. The molecule has 2 saturated heterocycles. The first kappa shape index (κ1) is 31.7. The van der Waals surface area contributed by atoms with Crippen LogP contribution in [0.25, 0.3) is 0 Å². The van der Waals surface area contributed by atoms with E-state index in [9.17, 15) is 15.0 Å².